The van der Waals surface area contributed by atoms with Crippen molar-refractivity contribution in [2.24, 2.45) is 7.05 Å². The molecule has 1 fully saturated rings. The van der Waals surface area contributed by atoms with E-state index in [9.17, 15) is 0 Å². The van der Waals surface area contributed by atoms with Gasteiger partial charge in [-0.15, -0.1) is 0 Å². The summed E-state index contributed by atoms with van der Waals surface area (Å²) >= 11 is 0. The quantitative estimate of drug-likeness (QED) is 0.878. The van der Waals surface area contributed by atoms with Crippen LogP contribution in [0.15, 0.2) is 0 Å². The summed E-state index contributed by atoms with van der Waals surface area (Å²) in [6, 6.07) is 0.265. The first-order valence-electron chi connectivity index (χ1n) is 6.85. The van der Waals surface area contributed by atoms with Crippen LogP contribution in [0.2, 0.25) is 0 Å². The molecule has 0 aliphatic carbocycles. The van der Waals surface area contributed by atoms with Crippen molar-refractivity contribution in [1.82, 2.24) is 15.1 Å². The van der Waals surface area contributed by atoms with Gasteiger partial charge >= 0.3 is 0 Å². The molecular formula is C14H25N3O2. The third-order valence-electron chi connectivity index (χ3n) is 4.23. The maximum absolute atomic E-state index is 5.64. The molecule has 0 saturated carbocycles. The van der Waals surface area contributed by atoms with Crippen LogP contribution in [-0.2, 0) is 16.5 Å². The molecule has 1 N–H and O–H groups in total. The Bertz CT molecular complexity index is 436. The fourth-order valence-electron chi connectivity index (χ4n) is 2.82. The van der Waals surface area contributed by atoms with Crippen LogP contribution in [0.5, 0.6) is 0 Å². The van der Waals surface area contributed by atoms with E-state index in [0.717, 1.165) is 25.3 Å². The molecule has 0 aromatic carbocycles. The van der Waals surface area contributed by atoms with Crippen LogP contribution in [0, 0.1) is 13.8 Å². The summed E-state index contributed by atoms with van der Waals surface area (Å²) in [5, 5.41) is 8.04. The van der Waals surface area contributed by atoms with Crippen molar-refractivity contribution in [3.05, 3.63) is 17.0 Å². The number of aromatic nitrogens is 2. The Morgan fingerprint density at radius 1 is 1.53 bits per heavy atom. The topological polar surface area (TPSA) is 48.3 Å². The molecule has 5 heteroatoms. The molecule has 2 rings (SSSR count). The van der Waals surface area contributed by atoms with Crippen molar-refractivity contribution in [2.75, 3.05) is 26.9 Å². The van der Waals surface area contributed by atoms with Crippen molar-refractivity contribution in [3.63, 3.8) is 0 Å². The molecule has 1 aromatic rings. The number of ether oxygens (including phenoxy) is 2. The Hall–Kier alpha value is -0.910. The minimum absolute atomic E-state index is 0.168. The van der Waals surface area contributed by atoms with Gasteiger partial charge < -0.3 is 14.8 Å². The highest BCUT2D eigenvalue weighted by molar-refractivity contribution is 5.27. The molecule has 108 valence electrons. The number of methoxy groups -OCH3 is 1. The lowest BCUT2D eigenvalue weighted by Crippen LogP contribution is -2.43. The largest absolute Gasteiger partial charge is 0.378 e. The first-order chi connectivity index (χ1) is 8.99. The van der Waals surface area contributed by atoms with Gasteiger partial charge in [0, 0.05) is 51.0 Å². The average molecular weight is 267 g/mol. The summed E-state index contributed by atoms with van der Waals surface area (Å²) in [5.41, 5.74) is 3.42. The number of nitrogens with zero attached hydrogens (tertiary/aromatic N) is 2. The maximum Gasteiger partial charge on any atom is 0.106 e. The predicted molar refractivity (Wildman–Crippen MR) is 74.3 cm³/mol. The monoisotopic (exact) mass is 267 g/mol. The van der Waals surface area contributed by atoms with Gasteiger partial charge in [-0.2, -0.15) is 5.10 Å². The van der Waals surface area contributed by atoms with Crippen molar-refractivity contribution >= 4 is 0 Å². The average Bonchev–Trinajstić information content (AvgIpc) is 2.94. The first kappa shape index (κ1) is 14.5. The van der Waals surface area contributed by atoms with Gasteiger partial charge in [-0.05, 0) is 20.8 Å². The van der Waals surface area contributed by atoms with Gasteiger partial charge in [0.05, 0.1) is 12.3 Å². The fraction of sp³-hybridized carbons (Fsp3) is 0.786. The zero-order valence-electron chi connectivity index (χ0n) is 12.6. The van der Waals surface area contributed by atoms with E-state index in [4.69, 9.17) is 9.47 Å². The Morgan fingerprint density at radius 2 is 2.26 bits per heavy atom. The van der Waals surface area contributed by atoms with E-state index < -0.39 is 0 Å². The summed E-state index contributed by atoms with van der Waals surface area (Å²) in [4.78, 5) is 0. The van der Waals surface area contributed by atoms with Crippen LogP contribution in [0.4, 0.5) is 0 Å². The maximum atomic E-state index is 5.64. The molecule has 0 amide bonds. The zero-order chi connectivity index (χ0) is 14.0. The number of hydrogen-bond acceptors (Lipinski definition) is 4. The van der Waals surface area contributed by atoms with Crippen LogP contribution >= 0.6 is 0 Å². The second-order valence-electron chi connectivity index (χ2n) is 5.50. The fourth-order valence-corrected chi connectivity index (χ4v) is 2.82. The van der Waals surface area contributed by atoms with E-state index >= 15 is 0 Å². The summed E-state index contributed by atoms with van der Waals surface area (Å²) in [6.45, 7) is 8.61. The van der Waals surface area contributed by atoms with Crippen molar-refractivity contribution < 1.29 is 9.47 Å². The molecule has 19 heavy (non-hydrogen) atoms. The van der Waals surface area contributed by atoms with Crippen molar-refractivity contribution in [1.29, 1.82) is 0 Å². The molecule has 1 aromatic heterocycles. The lowest BCUT2D eigenvalue weighted by Gasteiger charge is -2.28. The SMILES string of the molecule is COC1(CNC(C)c2c(C)nn(C)c2C)CCOC1. The van der Waals surface area contributed by atoms with Gasteiger partial charge in [-0.3, -0.25) is 4.68 Å². The minimum Gasteiger partial charge on any atom is -0.378 e. The number of rotatable bonds is 5. The smallest absolute Gasteiger partial charge is 0.106 e. The van der Waals surface area contributed by atoms with Crippen LogP contribution in [-0.4, -0.2) is 42.2 Å². The molecule has 2 heterocycles. The summed E-state index contributed by atoms with van der Waals surface area (Å²) in [7, 11) is 3.75. The Labute approximate surface area is 115 Å². The molecular weight excluding hydrogens is 242 g/mol. The van der Waals surface area contributed by atoms with E-state index in [1.54, 1.807) is 7.11 Å². The molecule has 1 aliphatic rings. The standard InChI is InChI=1S/C14H25N3O2/c1-10(13-11(2)16-17(4)12(13)3)15-8-14(18-5)6-7-19-9-14/h10,15H,6-9H2,1-5H3. The molecule has 1 aliphatic heterocycles. The van der Waals surface area contributed by atoms with E-state index in [2.05, 4.69) is 31.2 Å². The number of aryl methyl sites for hydroxylation is 2. The Kier molecular flexibility index (Phi) is 4.28. The second-order valence-corrected chi connectivity index (χ2v) is 5.50. The van der Waals surface area contributed by atoms with Crippen molar-refractivity contribution in [2.45, 2.75) is 38.8 Å². The highest BCUT2D eigenvalue weighted by Crippen LogP contribution is 2.25. The van der Waals surface area contributed by atoms with E-state index in [-0.39, 0.29) is 11.6 Å². The molecule has 0 spiro atoms. The molecule has 0 bridgehead atoms. The van der Waals surface area contributed by atoms with Gasteiger partial charge in [-0.25, -0.2) is 0 Å². The van der Waals surface area contributed by atoms with Crippen LogP contribution in [0.3, 0.4) is 0 Å². The molecule has 0 radical (unpaired) electrons. The van der Waals surface area contributed by atoms with Crippen LogP contribution in [0.25, 0.3) is 0 Å². The summed E-state index contributed by atoms with van der Waals surface area (Å²) < 4.78 is 13.0. The lowest BCUT2D eigenvalue weighted by molar-refractivity contribution is -0.0172. The van der Waals surface area contributed by atoms with Crippen LogP contribution < -0.4 is 5.32 Å². The third-order valence-corrected chi connectivity index (χ3v) is 4.23. The number of nitrogens with one attached hydrogen (secondary N) is 1. The molecule has 2 unspecified atom stereocenters. The van der Waals surface area contributed by atoms with Gasteiger partial charge in [0.25, 0.3) is 0 Å². The highest BCUT2D eigenvalue weighted by atomic mass is 16.5. The van der Waals surface area contributed by atoms with Crippen molar-refractivity contribution in [3.8, 4) is 0 Å². The lowest BCUT2D eigenvalue weighted by atomic mass is 10.0. The van der Waals surface area contributed by atoms with Crippen LogP contribution in [0.1, 0.15) is 36.3 Å². The predicted octanol–water partition coefficient (Wildman–Crippen LogP) is 1.49. The van der Waals surface area contributed by atoms with Gasteiger partial charge in [0.2, 0.25) is 0 Å². The molecule has 5 nitrogen and oxygen atoms in total. The summed E-state index contributed by atoms with van der Waals surface area (Å²) in [6.07, 6.45) is 0.953. The molecule has 2 atom stereocenters. The number of hydrogen-bond donors (Lipinski definition) is 1. The molecule has 1 saturated heterocycles. The van der Waals surface area contributed by atoms with E-state index in [1.165, 1.54) is 11.3 Å². The zero-order valence-corrected chi connectivity index (χ0v) is 12.6. The third kappa shape index (κ3) is 2.83. The normalized spacial score (nSPS) is 24.9. The minimum atomic E-state index is -0.168. The van der Waals surface area contributed by atoms with E-state index in [1.807, 2.05) is 11.7 Å². The second kappa shape index (κ2) is 5.61. The van der Waals surface area contributed by atoms with E-state index in [0.29, 0.717) is 6.61 Å². The highest BCUT2D eigenvalue weighted by Gasteiger charge is 2.35. The van der Waals surface area contributed by atoms with Gasteiger partial charge in [0.15, 0.2) is 0 Å². The first-order valence-corrected chi connectivity index (χ1v) is 6.85. The summed E-state index contributed by atoms with van der Waals surface area (Å²) in [5.74, 6) is 0. The Balaban J connectivity index is 2.03. The van der Waals surface area contributed by atoms with Gasteiger partial charge in [-0.1, -0.05) is 0 Å². The Morgan fingerprint density at radius 3 is 2.74 bits per heavy atom. The van der Waals surface area contributed by atoms with Gasteiger partial charge in [0.1, 0.15) is 5.60 Å².